The summed E-state index contributed by atoms with van der Waals surface area (Å²) in [5, 5.41) is 0. The second-order valence-electron chi connectivity index (χ2n) is 4.36. The van der Waals surface area contributed by atoms with Gasteiger partial charge < -0.3 is 9.64 Å². The summed E-state index contributed by atoms with van der Waals surface area (Å²) in [5.74, 6) is 1.75. The molecule has 1 aromatic rings. The minimum absolute atomic E-state index is 0.447. The van der Waals surface area contributed by atoms with Crippen LogP contribution in [-0.4, -0.2) is 36.8 Å². The van der Waals surface area contributed by atoms with Crippen LogP contribution in [0.3, 0.4) is 0 Å². The zero-order chi connectivity index (χ0) is 12.7. The first kappa shape index (κ1) is 14.2. The molecule has 5 heteroatoms. The highest BCUT2D eigenvalue weighted by molar-refractivity contribution is 6.17. The van der Waals surface area contributed by atoms with E-state index < -0.39 is 0 Å². The molecule has 1 aromatic heterocycles. The Balaban J connectivity index is 2.72. The molecule has 0 N–H and O–H groups in total. The number of methoxy groups -OCH3 is 1. The number of hydrogen-bond donors (Lipinski definition) is 0. The molecular formula is C12H20ClN3O. The molecule has 96 valence electrons. The SMILES string of the molecule is COCCN(CC(C)C)c1ncc(CCl)cn1. The first-order valence-corrected chi connectivity index (χ1v) is 6.31. The molecule has 0 aliphatic heterocycles. The van der Waals surface area contributed by atoms with Gasteiger partial charge in [-0.2, -0.15) is 0 Å². The highest BCUT2D eigenvalue weighted by Crippen LogP contribution is 2.10. The van der Waals surface area contributed by atoms with Crippen LogP contribution in [0.2, 0.25) is 0 Å². The van der Waals surface area contributed by atoms with Crippen molar-refractivity contribution in [2.24, 2.45) is 5.92 Å². The first-order chi connectivity index (χ1) is 8.17. The number of hydrogen-bond acceptors (Lipinski definition) is 4. The smallest absolute Gasteiger partial charge is 0.225 e. The van der Waals surface area contributed by atoms with Crippen LogP contribution >= 0.6 is 11.6 Å². The van der Waals surface area contributed by atoms with Gasteiger partial charge >= 0.3 is 0 Å². The van der Waals surface area contributed by atoms with E-state index in [4.69, 9.17) is 16.3 Å². The quantitative estimate of drug-likeness (QED) is 0.703. The predicted octanol–water partition coefficient (Wildman–Crippen LogP) is 2.32. The molecule has 0 spiro atoms. The number of alkyl halides is 1. The normalized spacial score (nSPS) is 10.9. The van der Waals surface area contributed by atoms with E-state index in [2.05, 4.69) is 28.7 Å². The molecule has 0 fully saturated rings. The van der Waals surface area contributed by atoms with Gasteiger partial charge in [-0.1, -0.05) is 13.8 Å². The lowest BCUT2D eigenvalue weighted by atomic mass is 10.2. The van der Waals surface area contributed by atoms with Crippen LogP contribution in [0, 0.1) is 5.92 Å². The van der Waals surface area contributed by atoms with Gasteiger partial charge in [0, 0.05) is 38.2 Å². The molecule has 0 atom stereocenters. The Morgan fingerprint density at radius 3 is 2.47 bits per heavy atom. The van der Waals surface area contributed by atoms with Gasteiger partial charge in [0.25, 0.3) is 0 Å². The molecule has 0 unspecified atom stereocenters. The third kappa shape index (κ3) is 4.88. The summed E-state index contributed by atoms with van der Waals surface area (Å²) in [5.41, 5.74) is 0.937. The average Bonchev–Trinajstić information content (AvgIpc) is 2.34. The molecule has 0 radical (unpaired) electrons. The number of ether oxygens (including phenoxy) is 1. The second-order valence-corrected chi connectivity index (χ2v) is 4.62. The van der Waals surface area contributed by atoms with Gasteiger partial charge in [0.2, 0.25) is 5.95 Å². The number of aromatic nitrogens is 2. The van der Waals surface area contributed by atoms with Crippen molar-refractivity contribution in [1.82, 2.24) is 9.97 Å². The Hall–Kier alpha value is -0.870. The van der Waals surface area contributed by atoms with Crippen molar-refractivity contribution in [3.05, 3.63) is 18.0 Å². The van der Waals surface area contributed by atoms with Crippen molar-refractivity contribution in [2.75, 3.05) is 31.7 Å². The summed E-state index contributed by atoms with van der Waals surface area (Å²) in [7, 11) is 1.70. The topological polar surface area (TPSA) is 38.2 Å². The molecule has 1 rings (SSSR count). The van der Waals surface area contributed by atoms with Crippen molar-refractivity contribution in [3.8, 4) is 0 Å². The molecule has 4 nitrogen and oxygen atoms in total. The lowest BCUT2D eigenvalue weighted by Gasteiger charge is -2.24. The average molecular weight is 258 g/mol. The molecule has 0 saturated heterocycles. The van der Waals surface area contributed by atoms with E-state index in [1.165, 1.54) is 0 Å². The molecule has 0 bridgehead atoms. The summed E-state index contributed by atoms with van der Waals surface area (Å²) < 4.78 is 5.10. The molecule has 17 heavy (non-hydrogen) atoms. The van der Waals surface area contributed by atoms with E-state index >= 15 is 0 Å². The van der Waals surface area contributed by atoms with E-state index in [9.17, 15) is 0 Å². The maximum Gasteiger partial charge on any atom is 0.225 e. The molecule has 0 aliphatic rings. The Morgan fingerprint density at radius 1 is 1.35 bits per heavy atom. The summed E-state index contributed by atoms with van der Waals surface area (Å²) >= 11 is 5.71. The maximum absolute atomic E-state index is 5.71. The van der Waals surface area contributed by atoms with Gasteiger partial charge in [-0.05, 0) is 5.92 Å². The standard InChI is InChI=1S/C12H20ClN3O/c1-10(2)9-16(4-5-17-3)12-14-7-11(6-13)8-15-12/h7-8,10H,4-6,9H2,1-3H3. The molecule has 0 saturated carbocycles. The number of halogens is 1. The summed E-state index contributed by atoms with van der Waals surface area (Å²) in [6.07, 6.45) is 3.55. The lowest BCUT2D eigenvalue weighted by Crippen LogP contribution is -2.32. The predicted molar refractivity (Wildman–Crippen MR) is 70.5 cm³/mol. The van der Waals surface area contributed by atoms with Crippen molar-refractivity contribution in [3.63, 3.8) is 0 Å². The fourth-order valence-electron chi connectivity index (χ4n) is 1.50. The second kappa shape index (κ2) is 7.45. The van der Waals surface area contributed by atoms with E-state index in [0.29, 0.717) is 18.4 Å². The summed E-state index contributed by atoms with van der Waals surface area (Å²) in [6.45, 7) is 6.74. The Bertz CT molecular complexity index is 316. The zero-order valence-electron chi connectivity index (χ0n) is 10.7. The van der Waals surface area contributed by atoms with Gasteiger partial charge in [0.1, 0.15) is 0 Å². The maximum atomic E-state index is 5.71. The summed E-state index contributed by atoms with van der Waals surface area (Å²) in [4.78, 5) is 10.8. The molecule has 0 aromatic carbocycles. The highest BCUT2D eigenvalue weighted by Gasteiger charge is 2.10. The van der Waals surface area contributed by atoms with Crippen LogP contribution in [0.5, 0.6) is 0 Å². The minimum Gasteiger partial charge on any atom is -0.383 e. The monoisotopic (exact) mass is 257 g/mol. The van der Waals surface area contributed by atoms with Crippen LogP contribution in [0.4, 0.5) is 5.95 Å². The van der Waals surface area contributed by atoms with Crippen molar-refractivity contribution < 1.29 is 4.74 Å². The third-order valence-electron chi connectivity index (χ3n) is 2.28. The Kier molecular flexibility index (Phi) is 6.22. The van der Waals surface area contributed by atoms with Gasteiger partial charge in [-0.15, -0.1) is 11.6 Å². The van der Waals surface area contributed by atoms with Crippen LogP contribution in [0.15, 0.2) is 12.4 Å². The largest absolute Gasteiger partial charge is 0.383 e. The van der Waals surface area contributed by atoms with Gasteiger partial charge in [0.15, 0.2) is 0 Å². The zero-order valence-corrected chi connectivity index (χ0v) is 11.4. The number of nitrogens with zero attached hydrogens (tertiary/aromatic N) is 3. The summed E-state index contributed by atoms with van der Waals surface area (Å²) in [6, 6.07) is 0. The Morgan fingerprint density at radius 2 is 2.00 bits per heavy atom. The number of anilines is 1. The molecule has 1 heterocycles. The third-order valence-corrected chi connectivity index (χ3v) is 2.59. The van der Waals surface area contributed by atoms with Crippen molar-refractivity contribution >= 4 is 17.5 Å². The molecule has 0 aliphatic carbocycles. The highest BCUT2D eigenvalue weighted by atomic mass is 35.5. The van der Waals surface area contributed by atoms with Crippen LogP contribution in [-0.2, 0) is 10.6 Å². The van der Waals surface area contributed by atoms with Crippen LogP contribution in [0.25, 0.3) is 0 Å². The Labute approximate surface area is 108 Å². The van der Waals surface area contributed by atoms with Crippen LogP contribution in [0.1, 0.15) is 19.4 Å². The lowest BCUT2D eigenvalue weighted by molar-refractivity contribution is 0.204. The van der Waals surface area contributed by atoms with Gasteiger partial charge in [0.05, 0.1) is 12.5 Å². The van der Waals surface area contributed by atoms with E-state index in [1.807, 2.05) is 0 Å². The van der Waals surface area contributed by atoms with E-state index in [0.717, 1.165) is 24.6 Å². The van der Waals surface area contributed by atoms with Crippen LogP contribution < -0.4 is 4.90 Å². The van der Waals surface area contributed by atoms with Crippen molar-refractivity contribution in [1.29, 1.82) is 0 Å². The fraction of sp³-hybridized carbons (Fsp3) is 0.667. The minimum atomic E-state index is 0.447. The van der Waals surface area contributed by atoms with Gasteiger partial charge in [-0.3, -0.25) is 0 Å². The molecular weight excluding hydrogens is 238 g/mol. The first-order valence-electron chi connectivity index (χ1n) is 5.78. The van der Waals surface area contributed by atoms with Gasteiger partial charge in [-0.25, -0.2) is 9.97 Å². The molecule has 0 amide bonds. The number of rotatable bonds is 7. The fourth-order valence-corrected chi connectivity index (χ4v) is 1.63. The van der Waals surface area contributed by atoms with E-state index in [-0.39, 0.29) is 0 Å². The van der Waals surface area contributed by atoms with Crippen molar-refractivity contribution in [2.45, 2.75) is 19.7 Å². The van der Waals surface area contributed by atoms with E-state index in [1.54, 1.807) is 19.5 Å².